The zero-order valence-corrected chi connectivity index (χ0v) is 10.1. The number of carboxylic acids is 1. The molecule has 1 aromatic carbocycles. The van der Waals surface area contributed by atoms with Gasteiger partial charge in [0.15, 0.2) is 0 Å². The molecule has 4 N–H and O–H groups in total. The van der Waals surface area contributed by atoms with Crippen molar-refractivity contribution < 1.29 is 14.7 Å². The topological polar surface area (TPSA) is 92.4 Å². The number of aliphatic carboxylic acids is 1. The third-order valence-electron chi connectivity index (χ3n) is 2.52. The number of carboxylic acid groups (broad SMARTS) is 1. The van der Waals surface area contributed by atoms with Gasteiger partial charge in [0.1, 0.15) is 6.04 Å². The van der Waals surface area contributed by atoms with E-state index in [1.165, 1.54) is 0 Å². The van der Waals surface area contributed by atoms with Crippen LogP contribution in [0.5, 0.6) is 0 Å². The maximum absolute atomic E-state index is 11.5. The van der Waals surface area contributed by atoms with Gasteiger partial charge in [-0.3, -0.25) is 4.79 Å². The summed E-state index contributed by atoms with van der Waals surface area (Å²) in [5, 5.41) is 11.6. The SMILES string of the molecule is NCCCC(=O)NC(Cc1ccccc1)C(=O)O. The lowest BCUT2D eigenvalue weighted by Crippen LogP contribution is -2.42. The van der Waals surface area contributed by atoms with Crippen LogP contribution in [0, 0.1) is 0 Å². The van der Waals surface area contributed by atoms with Crippen LogP contribution in [0.1, 0.15) is 18.4 Å². The molecule has 0 spiro atoms. The molecule has 0 heterocycles. The molecule has 1 rings (SSSR count). The number of carbonyl (C=O) groups is 2. The number of hydrogen-bond donors (Lipinski definition) is 3. The summed E-state index contributed by atoms with van der Waals surface area (Å²) in [6, 6.07) is 8.32. The van der Waals surface area contributed by atoms with E-state index in [9.17, 15) is 9.59 Å². The summed E-state index contributed by atoms with van der Waals surface area (Å²) >= 11 is 0. The van der Waals surface area contributed by atoms with E-state index in [-0.39, 0.29) is 18.7 Å². The largest absolute Gasteiger partial charge is 0.480 e. The van der Waals surface area contributed by atoms with E-state index in [2.05, 4.69) is 5.32 Å². The van der Waals surface area contributed by atoms with E-state index in [1.807, 2.05) is 30.3 Å². The molecule has 1 amide bonds. The van der Waals surface area contributed by atoms with E-state index in [4.69, 9.17) is 10.8 Å². The number of nitrogens with two attached hydrogens (primary N) is 1. The fourth-order valence-corrected chi connectivity index (χ4v) is 1.58. The first-order valence-corrected chi connectivity index (χ1v) is 5.89. The third kappa shape index (κ3) is 4.97. The Hall–Kier alpha value is -1.88. The van der Waals surface area contributed by atoms with Gasteiger partial charge in [0.25, 0.3) is 0 Å². The van der Waals surface area contributed by atoms with Gasteiger partial charge in [-0.05, 0) is 18.5 Å². The smallest absolute Gasteiger partial charge is 0.326 e. The second-order valence-electron chi connectivity index (χ2n) is 4.04. The molecule has 1 aromatic rings. The summed E-state index contributed by atoms with van der Waals surface area (Å²) in [5.41, 5.74) is 6.17. The van der Waals surface area contributed by atoms with E-state index < -0.39 is 12.0 Å². The average molecular weight is 250 g/mol. The predicted molar refractivity (Wildman–Crippen MR) is 68.0 cm³/mol. The zero-order valence-electron chi connectivity index (χ0n) is 10.1. The minimum atomic E-state index is -1.03. The molecular weight excluding hydrogens is 232 g/mol. The normalized spacial score (nSPS) is 11.8. The lowest BCUT2D eigenvalue weighted by Gasteiger charge is -2.14. The van der Waals surface area contributed by atoms with Gasteiger partial charge in [0.05, 0.1) is 0 Å². The molecule has 1 unspecified atom stereocenters. The summed E-state index contributed by atoms with van der Waals surface area (Å²) in [6.07, 6.45) is 1.10. The standard InChI is InChI=1S/C13H18N2O3/c14-8-4-7-12(16)15-11(13(17)18)9-10-5-2-1-3-6-10/h1-3,5-6,11H,4,7-9,14H2,(H,15,16)(H,17,18). The number of amides is 1. The maximum Gasteiger partial charge on any atom is 0.326 e. The molecule has 0 saturated heterocycles. The molecule has 0 aliphatic rings. The van der Waals surface area contributed by atoms with Gasteiger partial charge in [-0.25, -0.2) is 4.79 Å². The Labute approximate surface area is 106 Å². The second kappa shape index (κ2) is 7.45. The van der Waals surface area contributed by atoms with Crippen molar-refractivity contribution in [1.82, 2.24) is 5.32 Å². The van der Waals surface area contributed by atoms with Crippen molar-refractivity contribution in [3.8, 4) is 0 Å². The highest BCUT2D eigenvalue weighted by Gasteiger charge is 2.19. The fourth-order valence-electron chi connectivity index (χ4n) is 1.58. The van der Waals surface area contributed by atoms with Gasteiger partial charge in [-0.15, -0.1) is 0 Å². The molecule has 5 nitrogen and oxygen atoms in total. The highest BCUT2D eigenvalue weighted by Crippen LogP contribution is 2.04. The van der Waals surface area contributed by atoms with Crippen molar-refractivity contribution >= 4 is 11.9 Å². The molecular formula is C13H18N2O3. The first-order valence-electron chi connectivity index (χ1n) is 5.89. The van der Waals surface area contributed by atoms with Gasteiger partial charge in [-0.2, -0.15) is 0 Å². The summed E-state index contributed by atoms with van der Waals surface area (Å²) in [7, 11) is 0. The van der Waals surface area contributed by atoms with E-state index >= 15 is 0 Å². The molecule has 0 aliphatic heterocycles. The summed E-state index contributed by atoms with van der Waals surface area (Å²) < 4.78 is 0. The zero-order chi connectivity index (χ0) is 13.4. The van der Waals surface area contributed by atoms with E-state index in [0.717, 1.165) is 5.56 Å². The third-order valence-corrected chi connectivity index (χ3v) is 2.52. The van der Waals surface area contributed by atoms with Gasteiger partial charge in [0, 0.05) is 12.8 Å². The molecule has 0 aromatic heterocycles. The molecule has 0 saturated carbocycles. The lowest BCUT2D eigenvalue weighted by molar-refractivity contribution is -0.141. The predicted octanol–water partition coefficient (Wildman–Crippen LogP) is 0.537. The van der Waals surface area contributed by atoms with Crippen LogP contribution in [-0.4, -0.2) is 29.6 Å². The monoisotopic (exact) mass is 250 g/mol. The Kier molecular flexibility index (Phi) is 5.87. The molecule has 5 heteroatoms. The highest BCUT2D eigenvalue weighted by atomic mass is 16.4. The average Bonchev–Trinajstić information content (AvgIpc) is 2.36. The summed E-state index contributed by atoms with van der Waals surface area (Å²) in [5.74, 6) is -1.30. The first kappa shape index (κ1) is 14.2. The number of hydrogen-bond acceptors (Lipinski definition) is 3. The van der Waals surface area contributed by atoms with Crippen LogP contribution < -0.4 is 11.1 Å². The van der Waals surface area contributed by atoms with Crippen LogP contribution in [0.15, 0.2) is 30.3 Å². The second-order valence-corrected chi connectivity index (χ2v) is 4.04. The van der Waals surface area contributed by atoms with Gasteiger partial charge < -0.3 is 16.2 Å². The van der Waals surface area contributed by atoms with E-state index in [0.29, 0.717) is 13.0 Å². The molecule has 0 aliphatic carbocycles. The Bertz CT molecular complexity index is 392. The van der Waals surface area contributed by atoms with Crippen molar-refractivity contribution in [3.05, 3.63) is 35.9 Å². The van der Waals surface area contributed by atoms with Crippen molar-refractivity contribution in [2.24, 2.45) is 5.73 Å². The molecule has 18 heavy (non-hydrogen) atoms. The number of carbonyl (C=O) groups excluding carboxylic acids is 1. The number of rotatable bonds is 7. The first-order chi connectivity index (χ1) is 8.63. The van der Waals surface area contributed by atoms with Crippen LogP contribution in [0.25, 0.3) is 0 Å². The van der Waals surface area contributed by atoms with Crippen LogP contribution in [0.3, 0.4) is 0 Å². The van der Waals surface area contributed by atoms with E-state index in [1.54, 1.807) is 0 Å². The Morgan fingerprint density at radius 3 is 2.50 bits per heavy atom. The molecule has 1 atom stereocenters. The molecule has 0 fully saturated rings. The van der Waals surface area contributed by atoms with Gasteiger partial charge >= 0.3 is 5.97 Å². The van der Waals surface area contributed by atoms with Crippen LogP contribution >= 0.6 is 0 Å². The Morgan fingerprint density at radius 1 is 1.28 bits per heavy atom. The number of benzene rings is 1. The van der Waals surface area contributed by atoms with Gasteiger partial charge in [0.2, 0.25) is 5.91 Å². The van der Waals surface area contributed by atoms with Crippen molar-refractivity contribution in [3.63, 3.8) is 0 Å². The van der Waals surface area contributed by atoms with Crippen molar-refractivity contribution in [2.75, 3.05) is 6.54 Å². The Morgan fingerprint density at radius 2 is 1.94 bits per heavy atom. The molecule has 0 radical (unpaired) electrons. The number of nitrogens with one attached hydrogen (secondary N) is 1. The van der Waals surface area contributed by atoms with Crippen LogP contribution in [0.2, 0.25) is 0 Å². The van der Waals surface area contributed by atoms with Crippen LogP contribution in [-0.2, 0) is 16.0 Å². The summed E-state index contributed by atoms with van der Waals surface area (Å²) in [6.45, 7) is 0.420. The van der Waals surface area contributed by atoms with Gasteiger partial charge in [-0.1, -0.05) is 30.3 Å². The van der Waals surface area contributed by atoms with Crippen molar-refractivity contribution in [1.29, 1.82) is 0 Å². The fraction of sp³-hybridized carbons (Fsp3) is 0.385. The minimum absolute atomic E-state index is 0.259. The highest BCUT2D eigenvalue weighted by molar-refractivity contribution is 5.83. The molecule has 0 bridgehead atoms. The van der Waals surface area contributed by atoms with Crippen LogP contribution in [0.4, 0.5) is 0 Å². The quantitative estimate of drug-likeness (QED) is 0.658. The molecule has 98 valence electrons. The Balaban J connectivity index is 2.55. The summed E-state index contributed by atoms with van der Waals surface area (Å²) in [4.78, 5) is 22.6. The lowest BCUT2D eigenvalue weighted by atomic mass is 10.1. The van der Waals surface area contributed by atoms with Crippen molar-refractivity contribution in [2.45, 2.75) is 25.3 Å². The minimum Gasteiger partial charge on any atom is -0.480 e. The maximum atomic E-state index is 11.5.